The van der Waals surface area contributed by atoms with Crippen LogP contribution in [-0.4, -0.2) is 28.2 Å². The fourth-order valence-corrected chi connectivity index (χ4v) is 3.77. The monoisotopic (exact) mass is 425 g/mol. The molecule has 10 heteroatoms. The third kappa shape index (κ3) is 4.28. The van der Waals surface area contributed by atoms with Gasteiger partial charge in [0.2, 0.25) is 5.88 Å². The summed E-state index contributed by atoms with van der Waals surface area (Å²) in [5.74, 6) is 1.50. The van der Waals surface area contributed by atoms with Crippen molar-refractivity contribution in [2.75, 3.05) is 4.72 Å². The van der Waals surface area contributed by atoms with Gasteiger partial charge in [-0.25, -0.2) is 17.8 Å². The summed E-state index contributed by atoms with van der Waals surface area (Å²) in [4.78, 5) is 3.98. The second-order valence-corrected chi connectivity index (χ2v) is 7.95. The van der Waals surface area contributed by atoms with Crippen molar-refractivity contribution in [3.8, 4) is 17.4 Å². The third-order valence-electron chi connectivity index (χ3n) is 4.13. The lowest BCUT2D eigenvalue weighted by Crippen LogP contribution is -2.13. The minimum atomic E-state index is -3.90. The number of ether oxygens (including phenoxy) is 1. The second-order valence-electron chi connectivity index (χ2n) is 6.26. The molecule has 0 saturated carbocycles. The zero-order valence-electron chi connectivity index (χ0n) is 15.7. The molecule has 2 heterocycles. The van der Waals surface area contributed by atoms with Crippen molar-refractivity contribution in [1.82, 2.24) is 19.7 Å². The highest BCUT2D eigenvalue weighted by Crippen LogP contribution is 2.23. The van der Waals surface area contributed by atoms with Crippen LogP contribution in [0.1, 0.15) is 5.82 Å². The number of nitrogens with one attached hydrogen (secondary N) is 1. The quantitative estimate of drug-likeness (QED) is 0.506. The van der Waals surface area contributed by atoms with Crippen molar-refractivity contribution >= 4 is 15.7 Å². The van der Waals surface area contributed by atoms with Crippen LogP contribution in [0.25, 0.3) is 5.82 Å². The number of hydrogen-bond donors (Lipinski definition) is 1. The third-order valence-corrected chi connectivity index (χ3v) is 5.51. The van der Waals surface area contributed by atoms with Gasteiger partial charge in [-0.2, -0.15) is 0 Å². The number of anilines is 1. The SMILES string of the molecule is Cc1nccn1-c1ccc(Oc2ccc(NS(=O)(=O)c3cccc(F)c3)cc2)nn1. The van der Waals surface area contributed by atoms with Crippen molar-refractivity contribution in [2.24, 2.45) is 0 Å². The number of benzene rings is 2. The summed E-state index contributed by atoms with van der Waals surface area (Å²) >= 11 is 0. The number of hydrogen-bond acceptors (Lipinski definition) is 6. The van der Waals surface area contributed by atoms with Crippen LogP contribution in [0, 0.1) is 12.7 Å². The van der Waals surface area contributed by atoms with Gasteiger partial charge >= 0.3 is 0 Å². The topological polar surface area (TPSA) is 99.0 Å². The van der Waals surface area contributed by atoms with Gasteiger partial charge in [0.05, 0.1) is 4.90 Å². The Hall–Kier alpha value is -3.79. The zero-order valence-corrected chi connectivity index (χ0v) is 16.5. The van der Waals surface area contributed by atoms with Crippen LogP contribution in [-0.2, 0) is 10.0 Å². The Morgan fingerprint density at radius 1 is 1.03 bits per heavy atom. The average molecular weight is 425 g/mol. The molecule has 4 rings (SSSR count). The predicted octanol–water partition coefficient (Wildman–Crippen LogP) is 3.70. The molecule has 0 aliphatic heterocycles. The highest BCUT2D eigenvalue weighted by molar-refractivity contribution is 7.92. The van der Waals surface area contributed by atoms with Gasteiger partial charge in [-0.05, 0) is 55.5 Å². The number of rotatable bonds is 6. The van der Waals surface area contributed by atoms with Gasteiger partial charge in [-0.15, -0.1) is 10.2 Å². The van der Waals surface area contributed by atoms with E-state index in [1.54, 1.807) is 41.2 Å². The maximum Gasteiger partial charge on any atom is 0.261 e. The standard InChI is InChI=1S/C20H16FN5O3S/c1-14-22-11-12-26(14)19-9-10-20(24-23-19)29-17-7-5-16(6-8-17)25-30(27,28)18-4-2-3-15(21)13-18/h2-13,25H,1H3. The highest BCUT2D eigenvalue weighted by atomic mass is 32.2. The number of sulfonamides is 1. The van der Waals surface area contributed by atoms with Gasteiger partial charge in [0, 0.05) is 24.1 Å². The summed E-state index contributed by atoms with van der Waals surface area (Å²) in [5.41, 5.74) is 0.309. The lowest BCUT2D eigenvalue weighted by atomic mass is 10.3. The molecule has 152 valence electrons. The molecule has 30 heavy (non-hydrogen) atoms. The van der Waals surface area contributed by atoms with Crippen LogP contribution in [0.5, 0.6) is 11.6 Å². The lowest BCUT2D eigenvalue weighted by molar-refractivity contribution is 0.454. The molecule has 2 aromatic carbocycles. The van der Waals surface area contributed by atoms with Crippen LogP contribution >= 0.6 is 0 Å². The fourth-order valence-electron chi connectivity index (χ4n) is 2.68. The molecule has 0 spiro atoms. The van der Waals surface area contributed by atoms with E-state index in [-0.39, 0.29) is 10.8 Å². The van der Waals surface area contributed by atoms with Gasteiger partial charge in [0.15, 0.2) is 5.82 Å². The van der Waals surface area contributed by atoms with Crippen molar-refractivity contribution < 1.29 is 17.5 Å². The summed E-state index contributed by atoms with van der Waals surface area (Å²) in [6, 6.07) is 14.4. The minimum absolute atomic E-state index is 0.161. The number of aromatic nitrogens is 4. The van der Waals surface area contributed by atoms with Gasteiger partial charge < -0.3 is 4.74 Å². The van der Waals surface area contributed by atoms with E-state index in [0.29, 0.717) is 17.3 Å². The zero-order chi connectivity index (χ0) is 21.1. The average Bonchev–Trinajstić information content (AvgIpc) is 3.16. The molecule has 4 aromatic rings. The molecular weight excluding hydrogens is 409 g/mol. The Morgan fingerprint density at radius 3 is 2.47 bits per heavy atom. The summed E-state index contributed by atoms with van der Waals surface area (Å²) in [5, 5.41) is 8.14. The van der Waals surface area contributed by atoms with Crippen LogP contribution in [0.15, 0.2) is 78.0 Å². The first-order chi connectivity index (χ1) is 14.4. The van der Waals surface area contributed by atoms with Gasteiger partial charge in [0.1, 0.15) is 17.4 Å². The van der Waals surface area contributed by atoms with E-state index < -0.39 is 15.8 Å². The summed E-state index contributed by atoms with van der Waals surface area (Å²) < 4.78 is 47.8. The normalized spacial score (nSPS) is 11.3. The number of imidazole rings is 1. The molecule has 0 amide bonds. The van der Waals surface area contributed by atoms with E-state index in [1.165, 1.54) is 30.3 Å². The van der Waals surface area contributed by atoms with E-state index in [4.69, 9.17) is 4.74 Å². The summed E-state index contributed by atoms with van der Waals surface area (Å²) in [6.07, 6.45) is 3.45. The Morgan fingerprint density at radius 2 is 1.83 bits per heavy atom. The van der Waals surface area contributed by atoms with E-state index in [9.17, 15) is 12.8 Å². The van der Waals surface area contributed by atoms with Gasteiger partial charge in [-0.1, -0.05) is 6.07 Å². The van der Waals surface area contributed by atoms with E-state index in [2.05, 4.69) is 19.9 Å². The smallest absolute Gasteiger partial charge is 0.261 e. The van der Waals surface area contributed by atoms with Crippen molar-refractivity contribution in [2.45, 2.75) is 11.8 Å². The van der Waals surface area contributed by atoms with Crippen molar-refractivity contribution in [3.63, 3.8) is 0 Å². The molecule has 1 N–H and O–H groups in total. The van der Waals surface area contributed by atoms with E-state index >= 15 is 0 Å². The van der Waals surface area contributed by atoms with Crippen LogP contribution < -0.4 is 9.46 Å². The first-order valence-electron chi connectivity index (χ1n) is 8.81. The molecule has 0 aliphatic carbocycles. The van der Waals surface area contributed by atoms with Crippen molar-refractivity contribution in [1.29, 1.82) is 0 Å². The van der Waals surface area contributed by atoms with Crippen LogP contribution in [0.2, 0.25) is 0 Å². The Kier molecular flexibility index (Phi) is 5.15. The number of nitrogens with zero attached hydrogens (tertiary/aromatic N) is 4. The molecule has 0 fully saturated rings. The molecule has 8 nitrogen and oxygen atoms in total. The van der Waals surface area contributed by atoms with Crippen molar-refractivity contribution in [3.05, 3.63) is 84.7 Å². The first kappa shape index (κ1) is 19.5. The van der Waals surface area contributed by atoms with E-state index in [1.807, 2.05) is 6.92 Å². The minimum Gasteiger partial charge on any atom is -0.438 e. The molecule has 0 unspecified atom stereocenters. The highest BCUT2D eigenvalue weighted by Gasteiger charge is 2.15. The van der Waals surface area contributed by atoms with Crippen LogP contribution in [0.3, 0.4) is 0 Å². The fraction of sp³-hybridized carbons (Fsp3) is 0.0500. The first-order valence-corrected chi connectivity index (χ1v) is 10.3. The number of halogens is 1. The van der Waals surface area contributed by atoms with Gasteiger partial charge in [-0.3, -0.25) is 9.29 Å². The molecule has 0 aliphatic rings. The maximum atomic E-state index is 13.3. The Labute approximate surface area is 172 Å². The predicted molar refractivity (Wildman–Crippen MR) is 108 cm³/mol. The molecule has 0 atom stereocenters. The molecule has 0 saturated heterocycles. The largest absolute Gasteiger partial charge is 0.438 e. The maximum absolute atomic E-state index is 13.3. The molecule has 0 bridgehead atoms. The van der Waals surface area contributed by atoms with E-state index in [0.717, 1.165) is 11.9 Å². The lowest BCUT2D eigenvalue weighted by Gasteiger charge is -2.09. The summed E-state index contributed by atoms with van der Waals surface area (Å²) in [7, 11) is -3.90. The molecular formula is C20H16FN5O3S. The summed E-state index contributed by atoms with van der Waals surface area (Å²) in [6.45, 7) is 1.86. The Bertz CT molecular complexity index is 1270. The Balaban J connectivity index is 1.44. The van der Waals surface area contributed by atoms with Gasteiger partial charge in [0.25, 0.3) is 10.0 Å². The number of aryl methyl sites for hydroxylation is 1. The second kappa shape index (κ2) is 7.91. The molecule has 2 aromatic heterocycles. The van der Waals surface area contributed by atoms with Crippen LogP contribution in [0.4, 0.5) is 10.1 Å². The molecule has 0 radical (unpaired) electrons.